The van der Waals surface area contributed by atoms with Crippen LogP contribution in [0.2, 0.25) is 5.15 Å². The Labute approximate surface area is 168 Å². The van der Waals surface area contributed by atoms with Gasteiger partial charge in [0.15, 0.2) is 0 Å². The molecule has 3 heterocycles. The number of pyridine rings is 2. The summed E-state index contributed by atoms with van der Waals surface area (Å²) in [5.41, 5.74) is 2.40. The van der Waals surface area contributed by atoms with E-state index in [4.69, 9.17) is 16.3 Å². The van der Waals surface area contributed by atoms with Crippen LogP contribution >= 0.6 is 11.6 Å². The van der Waals surface area contributed by atoms with E-state index in [1.165, 1.54) is 6.08 Å². The molecule has 1 aliphatic heterocycles. The number of morpholine rings is 1. The molecule has 1 N–H and O–H groups in total. The van der Waals surface area contributed by atoms with Crippen LogP contribution in [0.3, 0.4) is 0 Å². The highest BCUT2D eigenvalue weighted by Gasteiger charge is 2.30. The van der Waals surface area contributed by atoms with Gasteiger partial charge in [0.1, 0.15) is 17.0 Å². The van der Waals surface area contributed by atoms with Gasteiger partial charge in [0, 0.05) is 18.8 Å². The van der Waals surface area contributed by atoms with Gasteiger partial charge in [0.05, 0.1) is 24.9 Å². The van der Waals surface area contributed by atoms with E-state index in [1.807, 2.05) is 13.0 Å². The van der Waals surface area contributed by atoms with Crippen molar-refractivity contribution in [3.63, 3.8) is 0 Å². The standard InChI is InChI=1S/C20H21ClN4O3/c1-4-19(26)25-10-17(28-11-12(25)2)14-8-15(24-18(21)9-14)13-5-6-23-16(7-13)20(27)22-3/h4-9,12,17H,1,10-11H2,2-3H3,(H,22,27)/t12-,17-/m0/s1. The predicted molar refractivity (Wildman–Crippen MR) is 106 cm³/mol. The second kappa shape index (κ2) is 8.50. The number of ether oxygens (including phenoxy) is 1. The van der Waals surface area contributed by atoms with Crippen LogP contribution < -0.4 is 5.32 Å². The molecule has 0 aliphatic carbocycles. The number of carbonyl (C=O) groups is 2. The molecule has 0 bridgehead atoms. The van der Waals surface area contributed by atoms with E-state index >= 15 is 0 Å². The number of rotatable bonds is 4. The molecular formula is C20H21ClN4O3. The average molecular weight is 401 g/mol. The van der Waals surface area contributed by atoms with Gasteiger partial charge >= 0.3 is 0 Å². The van der Waals surface area contributed by atoms with Crippen LogP contribution in [0, 0.1) is 0 Å². The summed E-state index contributed by atoms with van der Waals surface area (Å²) in [6.07, 6.45) is 2.52. The first-order valence-corrected chi connectivity index (χ1v) is 9.21. The van der Waals surface area contributed by atoms with Crippen LogP contribution in [0.4, 0.5) is 0 Å². The highest BCUT2D eigenvalue weighted by molar-refractivity contribution is 6.29. The fraction of sp³-hybridized carbons (Fsp3) is 0.300. The van der Waals surface area contributed by atoms with E-state index in [-0.39, 0.29) is 29.7 Å². The van der Waals surface area contributed by atoms with Gasteiger partial charge < -0.3 is 15.0 Å². The maximum atomic E-state index is 12.1. The first-order chi connectivity index (χ1) is 13.4. The van der Waals surface area contributed by atoms with Crippen LogP contribution in [0.15, 0.2) is 43.1 Å². The van der Waals surface area contributed by atoms with E-state index in [0.29, 0.717) is 29.6 Å². The summed E-state index contributed by atoms with van der Waals surface area (Å²) in [5, 5.41) is 2.85. The Morgan fingerprint density at radius 2 is 2.18 bits per heavy atom. The van der Waals surface area contributed by atoms with Gasteiger partial charge in [-0.3, -0.25) is 14.6 Å². The molecule has 0 unspecified atom stereocenters. The van der Waals surface area contributed by atoms with Gasteiger partial charge in [-0.05, 0) is 42.8 Å². The molecule has 0 aromatic carbocycles. The summed E-state index contributed by atoms with van der Waals surface area (Å²) in [6.45, 7) is 6.30. The van der Waals surface area contributed by atoms with Crippen LogP contribution in [0.5, 0.6) is 0 Å². The lowest BCUT2D eigenvalue weighted by Crippen LogP contribution is -2.47. The van der Waals surface area contributed by atoms with Gasteiger partial charge in [0.2, 0.25) is 5.91 Å². The van der Waals surface area contributed by atoms with Crippen LogP contribution in [0.25, 0.3) is 11.3 Å². The summed E-state index contributed by atoms with van der Waals surface area (Å²) < 4.78 is 5.94. The fourth-order valence-electron chi connectivity index (χ4n) is 3.08. The third-order valence-electron chi connectivity index (χ3n) is 4.59. The lowest BCUT2D eigenvalue weighted by atomic mass is 10.0. The smallest absolute Gasteiger partial charge is 0.269 e. The lowest BCUT2D eigenvalue weighted by molar-refractivity contribution is -0.139. The summed E-state index contributed by atoms with van der Waals surface area (Å²) in [4.78, 5) is 34.1. The van der Waals surface area contributed by atoms with Crippen molar-refractivity contribution >= 4 is 23.4 Å². The van der Waals surface area contributed by atoms with E-state index in [9.17, 15) is 9.59 Å². The average Bonchev–Trinajstić information content (AvgIpc) is 2.72. The normalized spacial score (nSPS) is 19.2. The Hall–Kier alpha value is -2.77. The van der Waals surface area contributed by atoms with Gasteiger partial charge in [0.25, 0.3) is 5.91 Å². The number of hydrogen-bond acceptors (Lipinski definition) is 5. The molecule has 0 saturated carbocycles. The van der Waals surface area contributed by atoms with Gasteiger partial charge in [-0.1, -0.05) is 18.2 Å². The molecule has 1 saturated heterocycles. The number of halogens is 1. The van der Waals surface area contributed by atoms with Crippen molar-refractivity contribution < 1.29 is 14.3 Å². The van der Waals surface area contributed by atoms with Gasteiger partial charge in [-0.15, -0.1) is 0 Å². The maximum absolute atomic E-state index is 12.1. The Bertz CT molecular complexity index is 918. The zero-order valence-electron chi connectivity index (χ0n) is 15.7. The minimum Gasteiger partial charge on any atom is -0.370 e. The van der Waals surface area contributed by atoms with Crippen molar-refractivity contribution in [3.05, 3.63) is 59.5 Å². The minimum atomic E-state index is -0.334. The van der Waals surface area contributed by atoms with E-state index in [2.05, 4.69) is 21.9 Å². The molecule has 2 amide bonds. The van der Waals surface area contributed by atoms with E-state index < -0.39 is 0 Å². The topological polar surface area (TPSA) is 84.4 Å². The molecule has 1 aliphatic rings. The number of nitrogens with zero attached hydrogens (tertiary/aromatic N) is 3. The molecule has 2 aromatic heterocycles. The van der Waals surface area contributed by atoms with Crippen molar-refractivity contribution in [2.45, 2.75) is 19.1 Å². The Morgan fingerprint density at radius 3 is 2.89 bits per heavy atom. The molecule has 1 fully saturated rings. The second-order valence-corrected chi connectivity index (χ2v) is 6.87. The zero-order valence-corrected chi connectivity index (χ0v) is 16.4. The van der Waals surface area contributed by atoms with Gasteiger partial charge in [-0.25, -0.2) is 4.98 Å². The summed E-state index contributed by atoms with van der Waals surface area (Å²) in [5.74, 6) is -0.419. The monoisotopic (exact) mass is 400 g/mol. The number of amides is 2. The van der Waals surface area contributed by atoms with Crippen molar-refractivity contribution in [2.75, 3.05) is 20.2 Å². The summed E-state index contributed by atoms with van der Waals surface area (Å²) in [7, 11) is 1.55. The highest BCUT2D eigenvalue weighted by Crippen LogP contribution is 2.30. The number of aromatic nitrogens is 2. The van der Waals surface area contributed by atoms with Crippen molar-refractivity contribution in [1.29, 1.82) is 0 Å². The molecule has 0 radical (unpaired) electrons. The molecule has 0 spiro atoms. The number of hydrogen-bond donors (Lipinski definition) is 1. The lowest BCUT2D eigenvalue weighted by Gasteiger charge is -2.37. The molecule has 7 nitrogen and oxygen atoms in total. The zero-order chi connectivity index (χ0) is 20.3. The first kappa shape index (κ1) is 20.0. The summed E-state index contributed by atoms with van der Waals surface area (Å²) >= 11 is 6.25. The Kier molecular flexibility index (Phi) is 6.06. The molecule has 2 aromatic rings. The van der Waals surface area contributed by atoms with Crippen molar-refractivity contribution in [3.8, 4) is 11.3 Å². The Balaban J connectivity index is 1.93. The van der Waals surface area contributed by atoms with Crippen LogP contribution in [-0.4, -0.2) is 52.9 Å². The second-order valence-electron chi connectivity index (χ2n) is 6.48. The molecular weight excluding hydrogens is 380 g/mol. The largest absolute Gasteiger partial charge is 0.370 e. The molecule has 3 rings (SSSR count). The minimum absolute atomic E-state index is 0.0335. The number of carbonyl (C=O) groups excluding carboxylic acids is 2. The molecule has 2 atom stereocenters. The summed E-state index contributed by atoms with van der Waals surface area (Å²) in [6, 6.07) is 6.95. The number of nitrogens with one attached hydrogen (secondary N) is 1. The molecule has 28 heavy (non-hydrogen) atoms. The van der Waals surface area contributed by atoms with Gasteiger partial charge in [-0.2, -0.15) is 0 Å². The molecule has 146 valence electrons. The van der Waals surface area contributed by atoms with E-state index in [0.717, 1.165) is 5.56 Å². The third kappa shape index (κ3) is 4.21. The van der Waals surface area contributed by atoms with E-state index in [1.54, 1.807) is 36.3 Å². The van der Waals surface area contributed by atoms with Crippen molar-refractivity contribution in [1.82, 2.24) is 20.2 Å². The molecule has 8 heteroatoms. The van der Waals surface area contributed by atoms with Crippen molar-refractivity contribution in [2.24, 2.45) is 0 Å². The fourth-order valence-corrected chi connectivity index (χ4v) is 3.29. The quantitative estimate of drug-likeness (QED) is 0.630. The first-order valence-electron chi connectivity index (χ1n) is 8.83. The third-order valence-corrected chi connectivity index (χ3v) is 4.79. The van der Waals surface area contributed by atoms with Crippen LogP contribution in [0.1, 0.15) is 29.1 Å². The SMILES string of the molecule is C=CC(=O)N1C[C@@H](c2cc(Cl)nc(-c3ccnc(C(=O)NC)c3)c2)OC[C@@H]1C. The predicted octanol–water partition coefficient (Wildman–Crippen LogP) is 2.63. The Morgan fingerprint density at radius 1 is 1.39 bits per heavy atom. The van der Waals surface area contributed by atoms with Crippen LogP contribution in [-0.2, 0) is 9.53 Å². The maximum Gasteiger partial charge on any atom is 0.269 e. The highest BCUT2D eigenvalue weighted by atomic mass is 35.5.